The van der Waals surface area contributed by atoms with Crippen molar-refractivity contribution in [2.75, 3.05) is 13.7 Å². The van der Waals surface area contributed by atoms with E-state index in [4.69, 9.17) is 4.74 Å². The molecule has 0 spiro atoms. The fraction of sp³-hybridized carbons (Fsp3) is 0.235. The number of carbonyl (C=O) groups is 1. The Bertz CT molecular complexity index is 675. The second-order valence-electron chi connectivity index (χ2n) is 4.83. The van der Waals surface area contributed by atoms with E-state index in [-0.39, 0.29) is 11.7 Å². The molecule has 5 heteroatoms. The van der Waals surface area contributed by atoms with E-state index in [0.717, 1.165) is 11.3 Å². The van der Waals surface area contributed by atoms with Crippen molar-refractivity contribution in [2.45, 2.75) is 13.5 Å². The van der Waals surface area contributed by atoms with Crippen molar-refractivity contribution >= 4 is 21.8 Å². The summed E-state index contributed by atoms with van der Waals surface area (Å²) in [6, 6.07) is 11.7. The summed E-state index contributed by atoms with van der Waals surface area (Å²) in [5.74, 6) is 0.203. The first-order chi connectivity index (χ1) is 10.5. The number of benzene rings is 2. The molecule has 0 aliphatic heterocycles. The van der Waals surface area contributed by atoms with E-state index in [1.807, 2.05) is 31.2 Å². The van der Waals surface area contributed by atoms with Crippen LogP contribution in [0.4, 0.5) is 4.39 Å². The molecule has 0 N–H and O–H groups in total. The number of nitrogens with zero attached hydrogens (tertiary/aromatic N) is 1. The Labute approximate surface area is 137 Å². The maximum absolute atomic E-state index is 13.1. The van der Waals surface area contributed by atoms with E-state index < -0.39 is 0 Å². The molecule has 2 rings (SSSR count). The molecule has 3 nitrogen and oxygen atoms in total. The van der Waals surface area contributed by atoms with E-state index in [0.29, 0.717) is 23.2 Å². The van der Waals surface area contributed by atoms with E-state index in [2.05, 4.69) is 15.9 Å². The first-order valence-electron chi connectivity index (χ1n) is 6.94. The van der Waals surface area contributed by atoms with Gasteiger partial charge in [0.15, 0.2) is 0 Å². The summed E-state index contributed by atoms with van der Waals surface area (Å²) in [5.41, 5.74) is 1.36. The summed E-state index contributed by atoms with van der Waals surface area (Å²) in [7, 11) is 1.71. The molecule has 1 amide bonds. The molecule has 0 saturated carbocycles. The van der Waals surface area contributed by atoms with Crippen molar-refractivity contribution in [1.82, 2.24) is 4.90 Å². The van der Waals surface area contributed by atoms with Crippen LogP contribution in [0.3, 0.4) is 0 Å². The average Bonchev–Trinajstić information content (AvgIpc) is 2.49. The van der Waals surface area contributed by atoms with E-state index in [1.165, 1.54) is 18.2 Å². The van der Waals surface area contributed by atoms with Crippen LogP contribution >= 0.6 is 15.9 Å². The lowest BCUT2D eigenvalue weighted by Crippen LogP contribution is -2.26. The minimum absolute atomic E-state index is 0.182. The zero-order valence-electron chi connectivity index (χ0n) is 12.5. The van der Waals surface area contributed by atoms with Crippen LogP contribution in [0.15, 0.2) is 46.9 Å². The van der Waals surface area contributed by atoms with Crippen LogP contribution in [-0.4, -0.2) is 24.5 Å². The quantitative estimate of drug-likeness (QED) is 0.792. The van der Waals surface area contributed by atoms with Crippen molar-refractivity contribution in [1.29, 1.82) is 0 Å². The number of hydrogen-bond acceptors (Lipinski definition) is 2. The zero-order chi connectivity index (χ0) is 16.1. The highest BCUT2D eigenvalue weighted by Crippen LogP contribution is 2.23. The molecule has 2 aromatic carbocycles. The Kier molecular flexibility index (Phi) is 5.55. The lowest BCUT2D eigenvalue weighted by Gasteiger charge is -2.20. The van der Waals surface area contributed by atoms with Gasteiger partial charge in [-0.2, -0.15) is 0 Å². The number of amides is 1. The van der Waals surface area contributed by atoms with Gasteiger partial charge in [0.25, 0.3) is 5.91 Å². The van der Waals surface area contributed by atoms with Crippen molar-refractivity contribution in [3.63, 3.8) is 0 Å². The normalized spacial score (nSPS) is 10.4. The van der Waals surface area contributed by atoms with Gasteiger partial charge in [-0.25, -0.2) is 4.39 Å². The molecule has 22 heavy (non-hydrogen) atoms. The SMILES string of the molecule is CCOc1ccccc1CN(C)C(=O)c1ccc(F)cc1Br. The molecule has 0 aliphatic rings. The number of para-hydroxylation sites is 1. The Morgan fingerprint density at radius 2 is 2.00 bits per heavy atom. The molecule has 0 aliphatic carbocycles. The molecule has 0 aromatic heterocycles. The Hall–Kier alpha value is -1.88. The highest BCUT2D eigenvalue weighted by molar-refractivity contribution is 9.10. The van der Waals surface area contributed by atoms with Crippen LogP contribution in [0.1, 0.15) is 22.8 Å². The molecule has 0 heterocycles. The Balaban J connectivity index is 2.18. The first-order valence-corrected chi connectivity index (χ1v) is 7.73. The second kappa shape index (κ2) is 7.40. The largest absolute Gasteiger partial charge is 0.494 e. The summed E-state index contributed by atoms with van der Waals surface area (Å²) in [6.45, 7) is 2.90. The number of ether oxygens (including phenoxy) is 1. The first kappa shape index (κ1) is 16.5. The Morgan fingerprint density at radius 3 is 2.68 bits per heavy atom. The minimum atomic E-state index is -0.382. The molecule has 0 bridgehead atoms. The summed E-state index contributed by atoms with van der Waals surface area (Å²) >= 11 is 3.23. The molecular weight excluding hydrogens is 349 g/mol. The highest BCUT2D eigenvalue weighted by Gasteiger charge is 2.17. The fourth-order valence-electron chi connectivity index (χ4n) is 2.13. The molecule has 0 fully saturated rings. The van der Waals surface area contributed by atoms with Gasteiger partial charge in [-0.15, -0.1) is 0 Å². The van der Waals surface area contributed by atoms with Gasteiger partial charge in [0, 0.05) is 23.6 Å². The number of rotatable bonds is 5. The van der Waals surface area contributed by atoms with Crippen molar-refractivity contribution < 1.29 is 13.9 Å². The smallest absolute Gasteiger partial charge is 0.255 e. The van der Waals surface area contributed by atoms with Crippen LogP contribution in [0, 0.1) is 5.82 Å². The van der Waals surface area contributed by atoms with Crippen LogP contribution in [0.5, 0.6) is 5.75 Å². The van der Waals surface area contributed by atoms with E-state index >= 15 is 0 Å². The van der Waals surface area contributed by atoms with Crippen molar-refractivity contribution in [3.05, 3.63) is 63.9 Å². The lowest BCUT2D eigenvalue weighted by molar-refractivity contribution is 0.0783. The topological polar surface area (TPSA) is 29.5 Å². The summed E-state index contributed by atoms with van der Waals surface area (Å²) < 4.78 is 19.1. The van der Waals surface area contributed by atoms with Gasteiger partial charge in [0.1, 0.15) is 11.6 Å². The Morgan fingerprint density at radius 1 is 1.27 bits per heavy atom. The van der Waals surface area contributed by atoms with Gasteiger partial charge in [-0.05, 0) is 47.1 Å². The maximum atomic E-state index is 13.1. The molecular formula is C17H17BrFNO2. The molecule has 116 valence electrons. The predicted molar refractivity (Wildman–Crippen MR) is 87.5 cm³/mol. The molecule has 0 unspecified atom stereocenters. The number of halogens is 2. The molecule has 0 saturated heterocycles. The van der Waals surface area contributed by atoms with E-state index in [1.54, 1.807) is 11.9 Å². The van der Waals surface area contributed by atoms with Gasteiger partial charge < -0.3 is 9.64 Å². The second-order valence-corrected chi connectivity index (χ2v) is 5.68. The fourth-order valence-corrected chi connectivity index (χ4v) is 2.65. The van der Waals surface area contributed by atoms with Gasteiger partial charge >= 0.3 is 0 Å². The van der Waals surface area contributed by atoms with Crippen molar-refractivity contribution in [3.8, 4) is 5.75 Å². The molecule has 0 atom stereocenters. The molecule has 0 radical (unpaired) electrons. The monoisotopic (exact) mass is 365 g/mol. The van der Waals surface area contributed by atoms with Gasteiger partial charge in [-0.1, -0.05) is 18.2 Å². The van der Waals surface area contributed by atoms with Crippen LogP contribution in [-0.2, 0) is 6.54 Å². The lowest BCUT2D eigenvalue weighted by atomic mass is 10.1. The number of hydrogen-bond donors (Lipinski definition) is 0. The standard InChI is InChI=1S/C17H17BrFNO2/c1-3-22-16-7-5-4-6-12(16)11-20(2)17(21)14-9-8-13(19)10-15(14)18/h4-10H,3,11H2,1-2H3. The maximum Gasteiger partial charge on any atom is 0.255 e. The predicted octanol–water partition coefficient (Wildman–Crippen LogP) is 4.26. The number of carbonyl (C=O) groups excluding carboxylic acids is 1. The van der Waals surface area contributed by atoms with E-state index in [9.17, 15) is 9.18 Å². The third-order valence-electron chi connectivity index (χ3n) is 3.19. The summed E-state index contributed by atoms with van der Waals surface area (Å²) in [6.07, 6.45) is 0. The van der Waals surface area contributed by atoms with Crippen LogP contribution in [0.2, 0.25) is 0 Å². The van der Waals surface area contributed by atoms with Crippen LogP contribution in [0.25, 0.3) is 0 Å². The summed E-state index contributed by atoms with van der Waals surface area (Å²) in [4.78, 5) is 14.1. The van der Waals surface area contributed by atoms with Crippen molar-refractivity contribution in [2.24, 2.45) is 0 Å². The summed E-state index contributed by atoms with van der Waals surface area (Å²) in [5, 5.41) is 0. The zero-order valence-corrected chi connectivity index (χ0v) is 14.1. The molecule has 2 aromatic rings. The average molecular weight is 366 g/mol. The third-order valence-corrected chi connectivity index (χ3v) is 3.84. The van der Waals surface area contributed by atoms with Gasteiger partial charge in [0.2, 0.25) is 0 Å². The van der Waals surface area contributed by atoms with Crippen LogP contribution < -0.4 is 4.74 Å². The van der Waals surface area contributed by atoms with Gasteiger partial charge in [0.05, 0.1) is 12.2 Å². The minimum Gasteiger partial charge on any atom is -0.494 e. The van der Waals surface area contributed by atoms with Gasteiger partial charge in [-0.3, -0.25) is 4.79 Å². The highest BCUT2D eigenvalue weighted by atomic mass is 79.9. The third kappa shape index (κ3) is 3.85.